The van der Waals surface area contributed by atoms with Crippen molar-refractivity contribution >= 4 is 17.2 Å². The smallest absolute Gasteiger partial charge is 0.224 e. The van der Waals surface area contributed by atoms with Gasteiger partial charge in [-0.2, -0.15) is 0 Å². The molecular weight excluding hydrogens is 260 g/mol. The van der Waals surface area contributed by atoms with Crippen LogP contribution in [0.3, 0.4) is 0 Å². The lowest BCUT2D eigenvalue weighted by molar-refractivity contribution is -0.116. The van der Waals surface area contributed by atoms with E-state index < -0.39 is 0 Å². The fourth-order valence-electron chi connectivity index (χ4n) is 2.68. The normalized spacial score (nSPS) is 14.5. The first kappa shape index (κ1) is 13.6. The van der Waals surface area contributed by atoms with E-state index in [0.29, 0.717) is 6.42 Å². The molecule has 0 radical (unpaired) electrons. The highest BCUT2D eigenvalue weighted by Gasteiger charge is 2.15. The minimum absolute atomic E-state index is 0.108. The van der Waals surface area contributed by atoms with Crippen LogP contribution < -0.4 is 5.32 Å². The minimum atomic E-state index is 0.108. The molecule has 0 saturated carbocycles. The molecule has 0 bridgehead atoms. The van der Waals surface area contributed by atoms with E-state index >= 15 is 0 Å². The van der Waals surface area contributed by atoms with Gasteiger partial charge in [0.05, 0.1) is 0 Å². The van der Waals surface area contributed by atoms with Crippen molar-refractivity contribution in [2.75, 3.05) is 5.32 Å². The van der Waals surface area contributed by atoms with Crippen molar-refractivity contribution in [1.29, 1.82) is 0 Å². The van der Waals surface area contributed by atoms with E-state index in [-0.39, 0.29) is 5.91 Å². The number of hydrogen-bond donors (Lipinski definition) is 1. The number of allylic oxidation sites excluding steroid dienone is 2. The zero-order chi connectivity index (χ0) is 14.7. The number of rotatable bonds is 3. The molecule has 0 saturated heterocycles. The van der Waals surface area contributed by atoms with Crippen molar-refractivity contribution in [3.8, 4) is 0 Å². The molecule has 0 unspecified atom stereocenters. The Morgan fingerprint density at radius 1 is 1.33 bits per heavy atom. The van der Waals surface area contributed by atoms with E-state index in [1.165, 1.54) is 22.3 Å². The van der Waals surface area contributed by atoms with Gasteiger partial charge in [0.25, 0.3) is 0 Å². The predicted octanol–water partition coefficient (Wildman–Crippen LogP) is 3.61. The lowest BCUT2D eigenvalue weighted by Gasteiger charge is -2.18. The third kappa shape index (κ3) is 3.02. The van der Waals surface area contributed by atoms with Crippen LogP contribution in [0.15, 0.2) is 48.8 Å². The Morgan fingerprint density at radius 3 is 3.00 bits per heavy atom. The van der Waals surface area contributed by atoms with Crippen molar-refractivity contribution in [2.24, 2.45) is 0 Å². The molecule has 1 aliphatic rings. The van der Waals surface area contributed by atoms with E-state index in [0.717, 1.165) is 18.5 Å². The van der Waals surface area contributed by atoms with Gasteiger partial charge in [-0.15, -0.1) is 0 Å². The van der Waals surface area contributed by atoms with Gasteiger partial charge in [-0.1, -0.05) is 18.2 Å². The lowest BCUT2D eigenvalue weighted by Crippen LogP contribution is -2.18. The third-order valence-corrected chi connectivity index (χ3v) is 3.84. The lowest BCUT2D eigenvalue weighted by atomic mass is 9.94. The molecule has 1 aromatic carbocycles. The molecule has 0 fully saturated rings. The zero-order valence-corrected chi connectivity index (χ0v) is 12.1. The van der Waals surface area contributed by atoms with Crippen LogP contribution in [-0.4, -0.2) is 10.9 Å². The van der Waals surface area contributed by atoms with Crippen LogP contribution in [0.5, 0.6) is 0 Å². The molecule has 1 N–H and O–H groups in total. The van der Waals surface area contributed by atoms with Gasteiger partial charge in [0, 0.05) is 24.5 Å². The maximum absolute atomic E-state index is 11.4. The van der Waals surface area contributed by atoms with Crippen LogP contribution in [0.25, 0.3) is 5.57 Å². The van der Waals surface area contributed by atoms with Crippen molar-refractivity contribution < 1.29 is 4.79 Å². The molecule has 1 aromatic heterocycles. The number of nitrogens with one attached hydrogen (secondary N) is 1. The number of aromatic nitrogens is 1. The first-order chi connectivity index (χ1) is 10.3. The van der Waals surface area contributed by atoms with E-state index in [9.17, 15) is 4.79 Å². The summed E-state index contributed by atoms with van der Waals surface area (Å²) in [5.74, 6) is 0.108. The third-order valence-electron chi connectivity index (χ3n) is 3.84. The van der Waals surface area contributed by atoms with E-state index in [2.05, 4.69) is 41.5 Å². The molecular formula is C18H18N2O. The van der Waals surface area contributed by atoms with Gasteiger partial charge in [-0.3, -0.25) is 9.78 Å². The van der Waals surface area contributed by atoms with Gasteiger partial charge < -0.3 is 5.32 Å². The van der Waals surface area contributed by atoms with Crippen molar-refractivity contribution in [1.82, 2.24) is 4.98 Å². The van der Waals surface area contributed by atoms with Crippen molar-refractivity contribution in [3.05, 3.63) is 65.5 Å². The van der Waals surface area contributed by atoms with Crippen LogP contribution in [0, 0.1) is 0 Å². The van der Waals surface area contributed by atoms with Crippen LogP contribution in [0.4, 0.5) is 5.69 Å². The monoisotopic (exact) mass is 278 g/mol. The van der Waals surface area contributed by atoms with Gasteiger partial charge in [0.2, 0.25) is 5.91 Å². The van der Waals surface area contributed by atoms with E-state index in [1.807, 2.05) is 18.3 Å². The number of nitrogens with zero attached hydrogens (tertiary/aromatic N) is 1. The molecule has 1 amide bonds. The second kappa shape index (κ2) is 5.92. The Hall–Kier alpha value is -2.42. The molecule has 2 heterocycles. The van der Waals surface area contributed by atoms with Crippen molar-refractivity contribution in [3.63, 3.8) is 0 Å². The number of carbonyl (C=O) groups excluding carboxylic acids is 1. The number of aryl methyl sites for hydroxylation is 1. The number of pyridine rings is 1. The highest BCUT2D eigenvalue weighted by Crippen LogP contribution is 2.28. The van der Waals surface area contributed by atoms with Gasteiger partial charge in [-0.25, -0.2) is 0 Å². The fourth-order valence-corrected chi connectivity index (χ4v) is 2.68. The molecule has 0 atom stereocenters. The number of amides is 1. The number of carbonyl (C=O) groups is 1. The summed E-state index contributed by atoms with van der Waals surface area (Å²) >= 11 is 0. The molecule has 0 spiro atoms. The average molecular weight is 278 g/mol. The van der Waals surface area contributed by atoms with Gasteiger partial charge >= 0.3 is 0 Å². The molecule has 3 nitrogen and oxygen atoms in total. The average Bonchev–Trinajstić information content (AvgIpc) is 2.53. The van der Waals surface area contributed by atoms with Crippen LogP contribution in [-0.2, 0) is 17.6 Å². The Kier molecular flexibility index (Phi) is 3.82. The number of hydrogen-bond acceptors (Lipinski definition) is 2. The molecule has 2 aromatic rings. The van der Waals surface area contributed by atoms with Crippen LogP contribution >= 0.6 is 0 Å². The number of fused-ring (bicyclic) bond motifs is 1. The standard InChI is InChI=1S/C18H18N2O/c1-2-14(10-13-4-3-9-19-12-13)15-5-7-17-16(11-15)6-8-18(21)20-17/h2-5,7,9,11-12H,6,8,10H2,1H3,(H,20,21)/b14-2-. The minimum Gasteiger partial charge on any atom is -0.326 e. The summed E-state index contributed by atoms with van der Waals surface area (Å²) in [6.45, 7) is 2.06. The Bertz CT molecular complexity index is 690. The first-order valence-corrected chi connectivity index (χ1v) is 7.23. The Balaban J connectivity index is 1.87. The summed E-state index contributed by atoms with van der Waals surface area (Å²) in [6.07, 6.45) is 8.11. The zero-order valence-electron chi connectivity index (χ0n) is 12.1. The number of benzene rings is 1. The summed E-state index contributed by atoms with van der Waals surface area (Å²) in [5, 5.41) is 2.93. The Morgan fingerprint density at radius 2 is 2.24 bits per heavy atom. The summed E-state index contributed by atoms with van der Waals surface area (Å²) in [6, 6.07) is 10.3. The van der Waals surface area contributed by atoms with Gasteiger partial charge in [0.1, 0.15) is 0 Å². The van der Waals surface area contributed by atoms with Gasteiger partial charge in [-0.05, 0) is 60.2 Å². The summed E-state index contributed by atoms with van der Waals surface area (Å²) < 4.78 is 0. The van der Waals surface area contributed by atoms with Crippen LogP contribution in [0.2, 0.25) is 0 Å². The fraction of sp³-hybridized carbons (Fsp3) is 0.222. The summed E-state index contributed by atoms with van der Waals surface area (Å²) in [7, 11) is 0. The molecule has 1 aliphatic heterocycles. The van der Waals surface area contributed by atoms with E-state index in [1.54, 1.807) is 6.20 Å². The number of anilines is 1. The highest BCUT2D eigenvalue weighted by molar-refractivity contribution is 5.94. The van der Waals surface area contributed by atoms with Gasteiger partial charge in [0.15, 0.2) is 0 Å². The largest absolute Gasteiger partial charge is 0.326 e. The van der Waals surface area contributed by atoms with Crippen LogP contribution in [0.1, 0.15) is 30.0 Å². The maximum Gasteiger partial charge on any atom is 0.224 e. The SMILES string of the molecule is C/C=C(/Cc1cccnc1)c1ccc2c(c1)CCC(=O)N2. The summed E-state index contributed by atoms with van der Waals surface area (Å²) in [4.78, 5) is 15.6. The van der Waals surface area contributed by atoms with Crippen molar-refractivity contribution in [2.45, 2.75) is 26.2 Å². The van der Waals surface area contributed by atoms with E-state index in [4.69, 9.17) is 0 Å². The second-order valence-corrected chi connectivity index (χ2v) is 5.27. The second-order valence-electron chi connectivity index (χ2n) is 5.27. The maximum atomic E-state index is 11.4. The molecule has 106 valence electrons. The molecule has 3 rings (SSSR count). The highest BCUT2D eigenvalue weighted by atomic mass is 16.1. The summed E-state index contributed by atoms with van der Waals surface area (Å²) in [5.41, 5.74) is 5.88. The first-order valence-electron chi connectivity index (χ1n) is 7.23. The molecule has 0 aliphatic carbocycles. The molecule has 21 heavy (non-hydrogen) atoms. The predicted molar refractivity (Wildman–Crippen MR) is 85.0 cm³/mol. The molecule has 3 heteroatoms. The Labute approximate surface area is 124 Å². The quantitative estimate of drug-likeness (QED) is 0.931. The topological polar surface area (TPSA) is 42.0 Å².